The Balaban J connectivity index is 1.33. The van der Waals surface area contributed by atoms with Gasteiger partial charge in [-0.3, -0.25) is 29.9 Å². The second kappa shape index (κ2) is 9.92. The summed E-state index contributed by atoms with van der Waals surface area (Å²) >= 11 is 0. The van der Waals surface area contributed by atoms with Crippen LogP contribution in [0.4, 0.5) is 11.4 Å². The molecule has 0 aromatic heterocycles. The molecule has 1 atom stereocenters. The van der Waals surface area contributed by atoms with Gasteiger partial charge in [-0.15, -0.1) is 0 Å². The molecule has 2 N–H and O–H groups in total. The normalized spacial score (nSPS) is 15.3. The van der Waals surface area contributed by atoms with E-state index in [0.29, 0.717) is 12.2 Å². The highest BCUT2D eigenvalue weighted by Gasteiger charge is 2.40. The fourth-order valence-electron chi connectivity index (χ4n) is 3.42. The molecule has 172 valence electrons. The summed E-state index contributed by atoms with van der Waals surface area (Å²) in [6.45, 7) is 0.344. The Morgan fingerprint density at radius 1 is 1.03 bits per heavy atom. The SMILES string of the molecule is O=C(NN[C@H]1CC(=O)N(c2cccc([N+](=O)[O-])c2)C1=O)c1ccc(COc2ccccc2)cc1. The molecule has 1 heterocycles. The Morgan fingerprint density at radius 2 is 1.76 bits per heavy atom. The number of ether oxygens (including phenoxy) is 1. The minimum Gasteiger partial charge on any atom is -0.489 e. The van der Waals surface area contributed by atoms with Crippen LogP contribution in [-0.2, 0) is 16.2 Å². The first kappa shape index (κ1) is 22.6. The van der Waals surface area contributed by atoms with Crippen molar-refractivity contribution in [3.05, 3.63) is 100 Å². The molecular weight excluding hydrogens is 440 g/mol. The van der Waals surface area contributed by atoms with Crippen molar-refractivity contribution < 1.29 is 24.0 Å². The van der Waals surface area contributed by atoms with E-state index in [0.717, 1.165) is 22.3 Å². The number of hydrazine groups is 1. The number of amides is 3. The average molecular weight is 460 g/mol. The van der Waals surface area contributed by atoms with Crippen molar-refractivity contribution in [3.63, 3.8) is 0 Å². The first-order valence-corrected chi connectivity index (χ1v) is 10.4. The smallest absolute Gasteiger partial charge is 0.271 e. The predicted molar refractivity (Wildman–Crippen MR) is 122 cm³/mol. The number of nitro groups is 1. The van der Waals surface area contributed by atoms with Gasteiger partial charge >= 0.3 is 0 Å². The molecule has 3 amide bonds. The molecule has 4 rings (SSSR count). The second-order valence-electron chi connectivity index (χ2n) is 7.50. The lowest BCUT2D eigenvalue weighted by Crippen LogP contribution is -2.48. The van der Waals surface area contributed by atoms with Gasteiger partial charge in [0.25, 0.3) is 17.5 Å². The molecule has 0 radical (unpaired) electrons. The highest BCUT2D eigenvalue weighted by atomic mass is 16.6. The summed E-state index contributed by atoms with van der Waals surface area (Å²) in [7, 11) is 0. The molecule has 3 aromatic rings. The van der Waals surface area contributed by atoms with Crippen molar-refractivity contribution in [2.75, 3.05) is 4.90 Å². The largest absolute Gasteiger partial charge is 0.489 e. The van der Waals surface area contributed by atoms with Gasteiger partial charge in [-0.2, -0.15) is 0 Å². The summed E-state index contributed by atoms with van der Waals surface area (Å²) in [6.07, 6.45) is -0.197. The summed E-state index contributed by atoms with van der Waals surface area (Å²) in [4.78, 5) is 48.8. The van der Waals surface area contributed by atoms with Crippen LogP contribution in [-0.4, -0.2) is 28.7 Å². The van der Waals surface area contributed by atoms with E-state index in [2.05, 4.69) is 10.9 Å². The molecule has 1 aliphatic rings. The van der Waals surface area contributed by atoms with Gasteiger partial charge in [-0.25, -0.2) is 10.3 Å². The van der Waals surface area contributed by atoms with E-state index in [9.17, 15) is 24.5 Å². The zero-order valence-corrected chi connectivity index (χ0v) is 17.8. The monoisotopic (exact) mass is 460 g/mol. The van der Waals surface area contributed by atoms with Crippen LogP contribution in [0.15, 0.2) is 78.9 Å². The summed E-state index contributed by atoms with van der Waals surface area (Å²) in [6, 6.07) is 20.4. The molecule has 10 heteroatoms. The van der Waals surface area contributed by atoms with Crippen molar-refractivity contribution in [2.45, 2.75) is 19.1 Å². The summed E-state index contributed by atoms with van der Waals surface area (Å²) < 4.78 is 5.67. The van der Waals surface area contributed by atoms with Crippen LogP contribution >= 0.6 is 0 Å². The molecule has 0 spiro atoms. The molecule has 3 aromatic carbocycles. The molecule has 1 fully saturated rings. The number of carbonyl (C=O) groups is 3. The number of carbonyl (C=O) groups excluding carboxylic acids is 3. The molecule has 0 unspecified atom stereocenters. The van der Waals surface area contributed by atoms with E-state index in [1.165, 1.54) is 18.2 Å². The van der Waals surface area contributed by atoms with E-state index in [1.54, 1.807) is 24.3 Å². The van der Waals surface area contributed by atoms with Crippen LogP contribution in [0.1, 0.15) is 22.3 Å². The lowest BCUT2D eigenvalue weighted by atomic mass is 10.1. The van der Waals surface area contributed by atoms with Crippen molar-refractivity contribution in [1.82, 2.24) is 10.9 Å². The third-order valence-electron chi connectivity index (χ3n) is 5.17. The van der Waals surface area contributed by atoms with Gasteiger partial charge < -0.3 is 4.74 Å². The van der Waals surface area contributed by atoms with Gasteiger partial charge in [0.05, 0.1) is 17.0 Å². The van der Waals surface area contributed by atoms with E-state index in [4.69, 9.17) is 4.74 Å². The number of hydrogen-bond donors (Lipinski definition) is 2. The zero-order chi connectivity index (χ0) is 24.1. The van der Waals surface area contributed by atoms with Crippen LogP contribution in [0.2, 0.25) is 0 Å². The fraction of sp³-hybridized carbons (Fsp3) is 0.125. The number of anilines is 1. The zero-order valence-electron chi connectivity index (χ0n) is 17.8. The fourth-order valence-corrected chi connectivity index (χ4v) is 3.42. The Hall–Kier alpha value is -4.57. The predicted octanol–water partition coefficient (Wildman–Crippen LogP) is 2.74. The third-order valence-corrected chi connectivity index (χ3v) is 5.17. The van der Waals surface area contributed by atoms with Crippen LogP contribution in [0.3, 0.4) is 0 Å². The molecule has 1 saturated heterocycles. The van der Waals surface area contributed by atoms with Crippen LogP contribution < -0.4 is 20.5 Å². The summed E-state index contributed by atoms with van der Waals surface area (Å²) in [5.41, 5.74) is 6.12. The minimum atomic E-state index is -0.991. The van der Waals surface area contributed by atoms with Gasteiger partial charge in [0.15, 0.2) is 0 Å². The summed E-state index contributed by atoms with van der Waals surface area (Å²) in [5, 5.41) is 11.0. The molecule has 1 aliphatic heterocycles. The van der Waals surface area contributed by atoms with Gasteiger partial charge in [0, 0.05) is 17.7 Å². The van der Waals surface area contributed by atoms with Gasteiger partial charge in [0.1, 0.15) is 18.4 Å². The first-order valence-electron chi connectivity index (χ1n) is 10.4. The Morgan fingerprint density at radius 3 is 2.47 bits per heavy atom. The van der Waals surface area contributed by atoms with Crippen LogP contribution in [0.5, 0.6) is 5.75 Å². The first-order chi connectivity index (χ1) is 16.4. The van der Waals surface area contributed by atoms with E-state index in [-0.39, 0.29) is 17.8 Å². The lowest BCUT2D eigenvalue weighted by Gasteiger charge is -2.16. The number of nitrogens with zero attached hydrogens (tertiary/aromatic N) is 2. The number of nitro benzene ring substituents is 1. The quantitative estimate of drug-likeness (QED) is 0.300. The van der Waals surface area contributed by atoms with Crippen molar-refractivity contribution in [2.24, 2.45) is 0 Å². The lowest BCUT2D eigenvalue weighted by molar-refractivity contribution is -0.384. The van der Waals surface area contributed by atoms with Crippen LogP contribution in [0.25, 0.3) is 0 Å². The summed E-state index contributed by atoms with van der Waals surface area (Å²) in [5.74, 6) is -0.882. The van der Waals surface area contributed by atoms with Crippen molar-refractivity contribution in [1.29, 1.82) is 0 Å². The number of benzene rings is 3. The maximum Gasteiger partial charge on any atom is 0.271 e. The maximum atomic E-state index is 12.7. The minimum absolute atomic E-state index is 0.105. The number of para-hydroxylation sites is 1. The van der Waals surface area contributed by atoms with Gasteiger partial charge in [-0.05, 0) is 35.9 Å². The average Bonchev–Trinajstić information content (AvgIpc) is 3.15. The number of hydrogen-bond acceptors (Lipinski definition) is 7. The molecule has 0 saturated carbocycles. The Labute approximate surface area is 194 Å². The van der Waals surface area contributed by atoms with E-state index in [1.807, 2.05) is 30.3 Å². The van der Waals surface area contributed by atoms with Crippen molar-refractivity contribution >= 4 is 29.1 Å². The Kier molecular flexibility index (Phi) is 6.60. The molecule has 0 bridgehead atoms. The molecule has 0 aliphatic carbocycles. The number of nitrogens with one attached hydrogen (secondary N) is 2. The molecule has 10 nitrogen and oxygen atoms in total. The third kappa shape index (κ3) is 5.08. The highest BCUT2D eigenvalue weighted by molar-refractivity contribution is 6.22. The highest BCUT2D eigenvalue weighted by Crippen LogP contribution is 2.26. The van der Waals surface area contributed by atoms with Gasteiger partial charge in [-0.1, -0.05) is 36.4 Å². The number of rotatable bonds is 8. The number of imide groups is 1. The Bertz CT molecular complexity index is 1230. The topological polar surface area (TPSA) is 131 Å². The van der Waals surface area contributed by atoms with Gasteiger partial charge in [0.2, 0.25) is 5.91 Å². The van der Waals surface area contributed by atoms with Crippen molar-refractivity contribution in [3.8, 4) is 5.75 Å². The van der Waals surface area contributed by atoms with E-state index >= 15 is 0 Å². The second-order valence-corrected chi connectivity index (χ2v) is 7.50. The molecule has 34 heavy (non-hydrogen) atoms. The standard InChI is InChI=1S/C24H20N4O6/c29-22-14-21(24(31)27(22)18-5-4-6-19(13-18)28(32)33)25-26-23(30)17-11-9-16(10-12-17)15-34-20-7-2-1-3-8-20/h1-13,21,25H,14-15H2,(H,26,30)/t21-/m0/s1. The molecular formula is C24H20N4O6. The van der Waals surface area contributed by atoms with Crippen LogP contribution in [0, 0.1) is 10.1 Å². The maximum absolute atomic E-state index is 12.7. The van der Waals surface area contributed by atoms with E-state index < -0.39 is 28.7 Å². The number of non-ortho nitro benzene ring substituents is 1.